The Bertz CT molecular complexity index is 240. The van der Waals surface area contributed by atoms with Crippen molar-refractivity contribution < 1.29 is 18.3 Å². The molecule has 104 valence electrons. The van der Waals surface area contributed by atoms with Gasteiger partial charge in [-0.3, -0.25) is 0 Å². The molecule has 2 atom stereocenters. The molecule has 0 aromatic heterocycles. The molecular weight excluding hydrogens is 248 g/mol. The lowest BCUT2D eigenvalue weighted by molar-refractivity contribution is -0.154. The van der Waals surface area contributed by atoms with Crippen LogP contribution in [0.3, 0.4) is 0 Å². The molecule has 0 amide bonds. The second-order valence-corrected chi connectivity index (χ2v) is 7.96. The van der Waals surface area contributed by atoms with Gasteiger partial charge in [0.1, 0.15) is 12.6 Å². The Kier molecular flexibility index (Phi) is 5.38. The third-order valence-electron chi connectivity index (χ3n) is 3.38. The van der Waals surface area contributed by atoms with Crippen LogP contribution < -0.4 is 0 Å². The minimum atomic E-state index is -2.38. The fourth-order valence-electron chi connectivity index (χ4n) is 2.25. The van der Waals surface area contributed by atoms with Crippen molar-refractivity contribution in [1.82, 2.24) is 0 Å². The fraction of sp³-hybridized carbons (Fsp3) is 0.846. The van der Waals surface area contributed by atoms with E-state index in [4.69, 9.17) is 18.3 Å². The normalized spacial score (nSPS) is 32.7. The molecular formula is C13H24O4Si. The summed E-state index contributed by atoms with van der Waals surface area (Å²) in [6.07, 6.45) is 6.21. The Hall–Kier alpha value is -0.203. The van der Waals surface area contributed by atoms with E-state index >= 15 is 0 Å². The molecule has 0 saturated carbocycles. The zero-order valence-corrected chi connectivity index (χ0v) is 12.2. The third kappa shape index (κ3) is 4.17. The lowest BCUT2D eigenvalue weighted by Crippen LogP contribution is -2.46. The molecule has 2 fully saturated rings. The van der Waals surface area contributed by atoms with Gasteiger partial charge in [-0.25, -0.2) is 0 Å². The van der Waals surface area contributed by atoms with Gasteiger partial charge in [-0.2, -0.15) is 0 Å². The van der Waals surface area contributed by atoms with Crippen LogP contribution >= 0.6 is 0 Å². The van der Waals surface area contributed by atoms with E-state index in [1.165, 1.54) is 0 Å². The Morgan fingerprint density at radius 3 is 1.83 bits per heavy atom. The van der Waals surface area contributed by atoms with E-state index in [0.29, 0.717) is 0 Å². The molecule has 0 aromatic rings. The van der Waals surface area contributed by atoms with Gasteiger partial charge < -0.3 is 18.3 Å². The van der Waals surface area contributed by atoms with Crippen LogP contribution in [-0.2, 0) is 18.3 Å². The minimum Gasteiger partial charge on any atom is -0.365 e. The Labute approximate surface area is 110 Å². The van der Waals surface area contributed by atoms with E-state index in [2.05, 4.69) is 6.58 Å². The van der Waals surface area contributed by atoms with Crippen LogP contribution in [0, 0.1) is 0 Å². The van der Waals surface area contributed by atoms with Crippen LogP contribution in [0.15, 0.2) is 12.3 Å². The van der Waals surface area contributed by atoms with Crippen molar-refractivity contribution in [2.45, 2.75) is 57.7 Å². The topological polar surface area (TPSA) is 36.9 Å². The number of hydrogen-bond acceptors (Lipinski definition) is 4. The molecule has 2 unspecified atom stereocenters. The average Bonchev–Trinajstić information content (AvgIpc) is 2.41. The van der Waals surface area contributed by atoms with Crippen molar-refractivity contribution in [2.75, 3.05) is 13.2 Å². The summed E-state index contributed by atoms with van der Waals surface area (Å²) in [6, 6.07) is 0. The highest BCUT2D eigenvalue weighted by atomic mass is 28.4. The Morgan fingerprint density at radius 1 is 1.00 bits per heavy atom. The molecule has 2 heterocycles. The smallest absolute Gasteiger partial charge is 0.365 e. The number of rotatable bonds is 5. The van der Waals surface area contributed by atoms with Crippen molar-refractivity contribution in [3.63, 3.8) is 0 Å². The van der Waals surface area contributed by atoms with E-state index in [1.807, 2.05) is 12.2 Å². The van der Waals surface area contributed by atoms with Crippen LogP contribution in [0.5, 0.6) is 0 Å². The predicted octanol–water partition coefficient (Wildman–Crippen LogP) is 2.87. The second kappa shape index (κ2) is 6.82. The van der Waals surface area contributed by atoms with Crippen LogP contribution in [0.25, 0.3) is 0 Å². The van der Waals surface area contributed by atoms with Gasteiger partial charge in [0.15, 0.2) is 0 Å². The van der Waals surface area contributed by atoms with Crippen molar-refractivity contribution in [2.24, 2.45) is 0 Å². The summed E-state index contributed by atoms with van der Waals surface area (Å²) in [5, 5.41) is 0. The van der Waals surface area contributed by atoms with E-state index < -0.39 is 8.56 Å². The summed E-state index contributed by atoms with van der Waals surface area (Å²) >= 11 is 0. The first-order valence-electron chi connectivity index (χ1n) is 6.94. The van der Waals surface area contributed by atoms with E-state index in [0.717, 1.165) is 51.7 Å². The quantitative estimate of drug-likeness (QED) is 0.721. The van der Waals surface area contributed by atoms with Crippen molar-refractivity contribution in [1.29, 1.82) is 0 Å². The first-order valence-corrected chi connectivity index (χ1v) is 9.34. The highest BCUT2D eigenvalue weighted by Crippen LogP contribution is 2.24. The lowest BCUT2D eigenvalue weighted by atomic mass is 10.2. The van der Waals surface area contributed by atoms with Gasteiger partial charge in [0.2, 0.25) is 0 Å². The van der Waals surface area contributed by atoms with Gasteiger partial charge in [0.05, 0.1) is 0 Å². The van der Waals surface area contributed by atoms with Crippen LogP contribution in [0.2, 0.25) is 6.55 Å². The average molecular weight is 272 g/mol. The zero-order chi connectivity index (χ0) is 12.8. The summed E-state index contributed by atoms with van der Waals surface area (Å²) in [7, 11) is -2.38. The fourth-order valence-corrected chi connectivity index (χ4v) is 3.92. The van der Waals surface area contributed by atoms with Crippen LogP contribution in [0.1, 0.15) is 38.5 Å². The molecule has 0 N–H and O–H groups in total. The van der Waals surface area contributed by atoms with Gasteiger partial charge in [-0.15, -0.1) is 6.58 Å². The zero-order valence-electron chi connectivity index (χ0n) is 11.2. The summed E-state index contributed by atoms with van der Waals surface area (Å²) in [5.41, 5.74) is 1.82. The maximum absolute atomic E-state index is 6.03. The molecule has 0 bridgehead atoms. The molecule has 0 aliphatic carbocycles. The Balaban J connectivity index is 1.85. The summed E-state index contributed by atoms with van der Waals surface area (Å²) in [5.74, 6) is 0. The number of ether oxygens (including phenoxy) is 2. The molecule has 2 rings (SSSR count). The Morgan fingerprint density at radius 2 is 1.50 bits per heavy atom. The second-order valence-electron chi connectivity index (χ2n) is 5.05. The van der Waals surface area contributed by atoms with Crippen LogP contribution in [0.4, 0.5) is 0 Å². The molecule has 18 heavy (non-hydrogen) atoms. The van der Waals surface area contributed by atoms with Crippen molar-refractivity contribution >= 4 is 8.56 Å². The molecule has 0 spiro atoms. The highest BCUT2D eigenvalue weighted by Gasteiger charge is 2.36. The monoisotopic (exact) mass is 272 g/mol. The molecule has 2 saturated heterocycles. The molecule has 2 aliphatic rings. The first-order chi connectivity index (χ1) is 8.72. The number of hydrogen-bond donors (Lipinski definition) is 0. The van der Waals surface area contributed by atoms with Crippen LogP contribution in [-0.4, -0.2) is 34.4 Å². The predicted molar refractivity (Wildman–Crippen MR) is 71.2 cm³/mol. The van der Waals surface area contributed by atoms with E-state index in [9.17, 15) is 0 Å². The molecule has 0 aromatic carbocycles. The van der Waals surface area contributed by atoms with Gasteiger partial charge >= 0.3 is 8.56 Å². The van der Waals surface area contributed by atoms with Crippen molar-refractivity contribution in [3.05, 3.63) is 12.3 Å². The SMILES string of the molecule is C=C[Si](C)(OC1CCCCO1)OC1CCCCO1. The molecule has 2 aliphatic heterocycles. The lowest BCUT2D eigenvalue weighted by Gasteiger charge is -2.35. The maximum Gasteiger partial charge on any atom is 0.365 e. The van der Waals surface area contributed by atoms with Gasteiger partial charge in [0, 0.05) is 13.2 Å². The largest absolute Gasteiger partial charge is 0.365 e. The third-order valence-corrected chi connectivity index (χ3v) is 5.58. The molecule has 0 radical (unpaired) electrons. The van der Waals surface area contributed by atoms with Gasteiger partial charge in [0.25, 0.3) is 0 Å². The van der Waals surface area contributed by atoms with Gasteiger partial charge in [-0.05, 0) is 50.8 Å². The minimum absolute atomic E-state index is 0.128. The summed E-state index contributed by atoms with van der Waals surface area (Å²) < 4.78 is 23.3. The molecule has 5 heteroatoms. The first kappa shape index (κ1) is 14.2. The highest BCUT2D eigenvalue weighted by molar-refractivity contribution is 6.71. The van der Waals surface area contributed by atoms with Crippen molar-refractivity contribution in [3.8, 4) is 0 Å². The molecule has 4 nitrogen and oxygen atoms in total. The summed E-state index contributed by atoms with van der Waals surface area (Å²) in [4.78, 5) is 0. The summed E-state index contributed by atoms with van der Waals surface area (Å²) in [6.45, 7) is 7.44. The van der Waals surface area contributed by atoms with E-state index in [-0.39, 0.29) is 12.6 Å². The standard InChI is InChI=1S/C13H24O4Si/c1-3-18(2,16-12-8-4-6-10-14-12)17-13-9-5-7-11-15-13/h3,12-13H,1,4-11H2,2H3. The van der Waals surface area contributed by atoms with E-state index in [1.54, 1.807) is 0 Å². The van der Waals surface area contributed by atoms with Gasteiger partial charge in [-0.1, -0.05) is 0 Å². The maximum atomic E-state index is 6.03.